The summed E-state index contributed by atoms with van der Waals surface area (Å²) in [6, 6.07) is 8.88. The molecule has 0 radical (unpaired) electrons. The zero-order valence-corrected chi connectivity index (χ0v) is 18.6. The van der Waals surface area contributed by atoms with Gasteiger partial charge in [-0.2, -0.15) is 0 Å². The molecule has 162 valence electrons. The van der Waals surface area contributed by atoms with Crippen LogP contribution in [-0.2, 0) is 4.74 Å². The number of epoxide rings is 1. The number of ether oxygens (including phenoxy) is 2. The van der Waals surface area contributed by atoms with Crippen LogP contribution in [0.3, 0.4) is 0 Å². The van der Waals surface area contributed by atoms with Gasteiger partial charge in [-0.25, -0.2) is 9.97 Å². The first-order chi connectivity index (χ1) is 14.8. The molecular weight excluding hydrogens is 372 g/mol. The van der Waals surface area contributed by atoms with Gasteiger partial charge in [0, 0.05) is 5.56 Å². The lowest BCUT2D eigenvalue weighted by Crippen LogP contribution is -2.13. The third-order valence-electron chi connectivity index (χ3n) is 6.76. The van der Waals surface area contributed by atoms with Crippen LogP contribution < -0.4 is 4.74 Å². The van der Waals surface area contributed by atoms with Gasteiger partial charge in [-0.1, -0.05) is 63.8 Å². The van der Waals surface area contributed by atoms with Crippen molar-refractivity contribution >= 4 is 0 Å². The van der Waals surface area contributed by atoms with E-state index in [2.05, 4.69) is 48.1 Å². The highest BCUT2D eigenvalue weighted by Gasteiger charge is 2.38. The molecule has 30 heavy (non-hydrogen) atoms. The highest BCUT2D eigenvalue weighted by molar-refractivity contribution is 5.55. The molecule has 2 atom stereocenters. The van der Waals surface area contributed by atoms with Crippen molar-refractivity contribution in [1.82, 2.24) is 9.97 Å². The molecule has 1 aromatic heterocycles. The number of benzene rings is 1. The fourth-order valence-corrected chi connectivity index (χ4v) is 4.80. The van der Waals surface area contributed by atoms with Crippen molar-refractivity contribution in [2.75, 3.05) is 6.61 Å². The van der Waals surface area contributed by atoms with Crippen molar-refractivity contribution in [2.24, 2.45) is 5.92 Å². The van der Waals surface area contributed by atoms with Gasteiger partial charge in [0.2, 0.25) is 0 Å². The van der Waals surface area contributed by atoms with Crippen LogP contribution in [0, 0.1) is 5.92 Å². The zero-order chi connectivity index (χ0) is 20.8. The molecule has 4 rings (SSSR count). The van der Waals surface area contributed by atoms with Gasteiger partial charge in [0.1, 0.15) is 12.7 Å². The fraction of sp³-hybridized carbons (Fsp3) is 0.615. The third-order valence-corrected chi connectivity index (χ3v) is 6.76. The smallest absolute Gasteiger partial charge is 0.159 e. The van der Waals surface area contributed by atoms with E-state index in [1.165, 1.54) is 56.9 Å². The first kappa shape index (κ1) is 21.3. The second-order valence-electron chi connectivity index (χ2n) is 9.04. The topological polar surface area (TPSA) is 47.5 Å². The minimum absolute atomic E-state index is 0.237. The molecule has 0 bridgehead atoms. The average molecular weight is 409 g/mol. The number of rotatable bonds is 10. The maximum atomic E-state index is 5.81. The Morgan fingerprint density at radius 1 is 0.900 bits per heavy atom. The number of aromatic nitrogens is 2. The molecule has 2 aromatic rings. The Bertz CT molecular complexity index is 767. The molecule has 4 heteroatoms. The van der Waals surface area contributed by atoms with Gasteiger partial charge in [0.15, 0.2) is 11.6 Å². The quantitative estimate of drug-likeness (QED) is 0.418. The van der Waals surface area contributed by atoms with Gasteiger partial charge < -0.3 is 9.47 Å². The van der Waals surface area contributed by atoms with Crippen LogP contribution in [0.4, 0.5) is 0 Å². The molecule has 2 heterocycles. The lowest BCUT2D eigenvalue weighted by Gasteiger charge is -2.28. The molecule has 0 amide bonds. The van der Waals surface area contributed by atoms with E-state index in [1.54, 1.807) is 12.4 Å². The number of hydrogen-bond acceptors (Lipinski definition) is 4. The van der Waals surface area contributed by atoms with Crippen LogP contribution in [0.1, 0.15) is 83.1 Å². The van der Waals surface area contributed by atoms with Crippen molar-refractivity contribution < 1.29 is 9.47 Å². The number of hydrogen-bond donors (Lipinski definition) is 0. The molecule has 1 aliphatic heterocycles. The Hall–Kier alpha value is -1.94. The summed E-state index contributed by atoms with van der Waals surface area (Å²) in [5.74, 6) is 3.14. The van der Waals surface area contributed by atoms with Crippen LogP contribution in [0.15, 0.2) is 36.7 Å². The van der Waals surface area contributed by atoms with Crippen molar-refractivity contribution in [2.45, 2.75) is 89.8 Å². The summed E-state index contributed by atoms with van der Waals surface area (Å²) >= 11 is 0. The number of unbranched alkanes of at least 4 members (excludes halogenated alkanes) is 1. The number of nitrogens with zero attached hydrogens (tertiary/aromatic N) is 2. The molecule has 1 aromatic carbocycles. The molecule has 0 N–H and O–H groups in total. The Kier molecular flexibility index (Phi) is 7.37. The largest absolute Gasteiger partial charge is 0.488 e. The Labute approximate surface area is 181 Å². The first-order valence-electron chi connectivity index (χ1n) is 12.0. The Morgan fingerprint density at radius 3 is 2.30 bits per heavy atom. The lowest BCUT2D eigenvalue weighted by molar-refractivity contribution is 0.258. The SMILES string of the molecule is CCCCC1OC1COc1cnc(-c2ccc(C3CCC(CCC)CC3)cc2)nc1. The van der Waals surface area contributed by atoms with Crippen LogP contribution in [0.2, 0.25) is 0 Å². The van der Waals surface area contributed by atoms with Gasteiger partial charge >= 0.3 is 0 Å². The van der Waals surface area contributed by atoms with Crippen molar-refractivity contribution in [1.29, 1.82) is 0 Å². The van der Waals surface area contributed by atoms with Gasteiger partial charge in [-0.15, -0.1) is 0 Å². The highest BCUT2D eigenvalue weighted by atomic mass is 16.6. The summed E-state index contributed by atoms with van der Waals surface area (Å²) in [6.45, 7) is 5.10. The second-order valence-corrected chi connectivity index (χ2v) is 9.04. The van der Waals surface area contributed by atoms with Crippen LogP contribution in [-0.4, -0.2) is 28.8 Å². The van der Waals surface area contributed by atoms with E-state index in [-0.39, 0.29) is 6.10 Å². The van der Waals surface area contributed by atoms with Gasteiger partial charge in [0.25, 0.3) is 0 Å². The molecule has 2 unspecified atom stereocenters. The van der Waals surface area contributed by atoms with E-state index in [0.29, 0.717) is 18.5 Å². The molecule has 1 aliphatic carbocycles. The lowest BCUT2D eigenvalue weighted by atomic mass is 9.77. The van der Waals surface area contributed by atoms with Gasteiger partial charge in [-0.05, 0) is 49.5 Å². The van der Waals surface area contributed by atoms with E-state index < -0.39 is 0 Å². The summed E-state index contributed by atoms with van der Waals surface area (Å²) < 4.78 is 11.5. The normalized spacial score (nSPS) is 25.8. The van der Waals surface area contributed by atoms with Crippen molar-refractivity contribution in [3.05, 3.63) is 42.2 Å². The first-order valence-corrected chi connectivity index (χ1v) is 12.0. The monoisotopic (exact) mass is 408 g/mol. The minimum Gasteiger partial charge on any atom is -0.488 e. The summed E-state index contributed by atoms with van der Waals surface area (Å²) in [4.78, 5) is 9.02. The molecule has 1 saturated heterocycles. The minimum atomic E-state index is 0.237. The van der Waals surface area contributed by atoms with E-state index in [9.17, 15) is 0 Å². The maximum Gasteiger partial charge on any atom is 0.159 e. The van der Waals surface area contributed by atoms with E-state index in [4.69, 9.17) is 9.47 Å². The van der Waals surface area contributed by atoms with Crippen LogP contribution in [0.5, 0.6) is 5.75 Å². The molecular formula is C26H36N2O2. The molecule has 4 nitrogen and oxygen atoms in total. The maximum absolute atomic E-state index is 5.81. The predicted molar refractivity (Wildman–Crippen MR) is 121 cm³/mol. The molecule has 1 saturated carbocycles. The fourth-order valence-electron chi connectivity index (χ4n) is 4.80. The zero-order valence-electron chi connectivity index (χ0n) is 18.6. The van der Waals surface area contributed by atoms with Crippen molar-refractivity contribution in [3.8, 4) is 17.1 Å². The molecule has 2 aliphatic rings. The summed E-state index contributed by atoms with van der Waals surface area (Å²) in [6.07, 6.45) is 15.9. The van der Waals surface area contributed by atoms with Crippen LogP contribution in [0.25, 0.3) is 11.4 Å². The Balaban J connectivity index is 1.26. The molecule has 2 fully saturated rings. The second kappa shape index (κ2) is 10.4. The van der Waals surface area contributed by atoms with Crippen molar-refractivity contribution in [3.63, 3.8) is 0 Å². The summed E-state index contributed by atoms with van der Waals surface area (Å²) in [7, 11) is 0. The third kappa shape index (κ3) is 5.60. The van der Waals surface area contributed by atoms with Gasteiger partial charge in [-0.3, -0.25) is 0 Å². The highest BCUT2D eigenvalue weighted by Crippen LogP contribution is 2.37. The van der Waals surface area contributed by atoms with E-state index in [0.717, 1.165) is 29.6 Å². The standard InChI is InChI=1S/C26H36N2O2/c1-3-5-7-24-25(30-24)18-29-23-16-27-26(28-17-23)22-14-12-21(13-15-22)20-10-8-19(6-4-2)9-11-20/h12-17,19-20,24-25H,3-11,18H2,1-2H3. The average Bonchev–Trinajstić information content (AvgIpc) is 3.56. The van der Waals surface area contributed by atoms with Crippen LogP contribution >= 0.6 is 0 Å². The Morgan fingerprint density at radius 2 is 1.63 bits per heavy atom. The summed E-state index contributed by atoms with van der Waals surface area (Å²) in [5, 5.41) is 0. The summed E-state index contributed by atoms with van der Waals surface area (Å²) in [5.41, 5.74) is 2.53. The predicted octanol–water partition coefficient (Wildman–Crippen LogP) is 6.55. The van der Waals surface area contributed by atoms with Gasteiger partial charge in [0.05, 0.1) is 18.5 Å². The van der Waals surface area contributed by atoms with E-state index >= 15 is 0 Å². The van der Waals surface area contributed by atoms with E-state index in [1.807, 2.05) is 0 Å². The molecule has 0 spiro atoms.